The molecule has 0 unspecified atom stereocenters. The van der Waals surface area contributed by atoms with E-state index in [0.717, 1.165) is 12.8 Å². The first-order valence-corrected chi connectivity index (χ1v) is 11.5. The first kappa shape index (κ1) is 29.1. The molecule has 0 aromatic carbocycles. The fourth-order valence-electron chi connectivity index (χ4n) is 2.96. The van der Waals surface area contributed by atoms with Gasteiger partial charge >= 0.3 is 18.2 Å². The molecule has 0 aromatic rings. The largest absolute Gasteiger partial charge is 0.458 e. The molecule has 0 spiro atoms. The molecule has 1 fully saturated rings. The Morgan fingerprint density at radius 1 is 1.09 bits per heavy atom. The molecular weight excluding hydrogens is 434 g/mol. The second-order valence-corrected chi connectivity index (χ2v) is 10.1. The smallest absolute Gasteiger partial charge is 0.420 e. The van der Waals surface area contributed by atoms with Crippen molar-refractivity contribution >= 4 is 18.2 Å². The first-order valence-electron chi connectivity index (χ1n) is 11.5. The summed E-state index contributed by atoms with van der Waals surface area (Å²) in [5.41, 5.74) is -1.85. The van der Waals surface area contributed by atoms with E-state index in [1.807, 2.05) is 6.92 Å². The monoisotopic (exact) mass is 475 g/mol. The summed E-state index contributed by atoms with van der Waals surface area (Å²) >= 11 is 0. The van der Waals surface area contributed by atoms with Crippen LogP contribution in [0.15, 0.2) is 0 Å². The van der Waals surface area contributed by atoms with Gasteiger partial charge in [-0.1, -0.05) is 13.3 Å². The summed E-state index contributed by atoms with van der Waals surface area (Å²) in [6.45, 7) is 13.7. The zero-order valence-electron chi connectivity index (χ0n) is 21.2. The number of esters is 1. The van der Waals surface area contributed by atoms with Gasteiger partial charge in [-0.3, -0.25) is 0 Å². The van der Waals surface area contributed by atoms with Gasteiger partial charge in [0.25, 0.3) is 0 Å². The minimum absolute atomic E-state index is 0.140. The molecule has 0 radical (unpaired) electrons. The van der Waals surface area contributed by atoms with Crippen molar-refractivity contribution in [3.8, 4) is 0 Å². The normalized spacial score (nSPS) is 25.1. The maximum Gasteiger partial charge on any atom is 0.420 e. The minimum atomic E-state index is -1.46. The highest BCUT2D eigenvalue weighted by Gasteiger charge is 2.43. The van der Waals surface area contributed by atoms with Crippen LogP contribution in [0.4, 0.5) is 9.59 Å². The van der Waals surface area contributed by atoms with Crippen molar-refractivity contribution in [2.75, 3.05) is 19.8 Å². The van der Waals surface area contributed by atoms with E-state index in [2.05, 4.69) is 0 Å². The summed E-state index contributed by atoms with van der Waals surface area (Å²) in [5, 5.41) is 10.7. The number of carbonyl (C=O) groups excluding carboxylic acids is 3. The van der Waals surface area contributed by atoms with Gasteiger partial charge in [0, 0.05) is 13.2 Å². The van der Waals surface area contributed by atoms with Crippen LogP contribution in [0.5, 0.6) is 0 Å². The Bertz CT molecular complexity index is 625. The number of ether oxygens (including phenoxy) is 5. The van der Waals surface area contributed by atoms with Gasteiger partial charge in [-0.2, -0.15) is 4.90 Å². The number of hydrogen-bond donors (Lipinski definition) is 1. The maximum atomic E-state index is 13.0. The van der Waals surface area contributed by atoms with Crippen molar-refractivity contribution < 1.29 is 43.2 Å². The summed E-state index contributed by atoms with van der Waals surface area (Å²) in [7, 11) is 0. The van der Waals surface area contributed by atoms with Gasteiger partial charge in [0.15, 0.2) is 6.04 Å². The Kier molecular flexibility index (Phi) is 11.1. The first-order chi connectivity index (χ1) is 15.2. The van der Waals surface area contributed by atoms with Gasteiger partial charge in [-0.15, -0.1) is 0 Å². The van der Waals surface area contributed by atoms with Crippen LogP contribution in [0.25, 0.3) is 0 Å². The third-order valence-corrected chi connectivity index (χ3v) is 4.58. The zero-order chi connectivity index (χ0) is 25.4. The molecule has 10 heteroatoms. The Morgan fingerprint density at radius 3 is 2.12 bits per heavy atom. The molecule has 1 aliphatic heterocycles. The average molecular weight is 476 g/mol. The van der Waals surface area contributed by atoms with Crippen molar-refractivity contribution in [1.82, 2.24) is 4.90 Å². The fraction of sp³-hybridized carbons (Fsp3) is 0.870. The van der Waals surface area contributed by atoms with Crippen LogP contribution in [-0.2, 0) is 28.5 Å². The molecular formula is C23H41NO9. The van der Waals surface area contributed by atoms with Crippen LogP contribution in [-0.4, -0.2) is 83.5 Å². The molecule has 0 saturated carbocycles. The quantitative estimate of drug-likeness (QED) is 0.362. The van der Waals surface area contributed by atoms with Gasteiger partial charge in [-0.05, 0) is 61.3 Å². The van der Waals surface area contributed by atoms with E-state index in [9.17, 15) is 19.5 Å². The predicted octanol–water partition coefficient (Wildman–Crippen LogP) is 3.43. The van der Waals surface area contributed by atoms with Crippen molar-refractivity contribution in [1.29, 1.82) is 0 Å². The van der Waals surface area contributed by atoms with Gasteiger partial charge in [0.2, 0.25) is 0 Å². The summed E-state index contributed by atoms with van der Waals surface area (Å²) < 4.78 is 27.5. The minimum Gasteiger partial charge on any atom is -0.458 e. The Morgan fingerprint density at radius 2 is 1.64 bits per heavy atom. The van der Waals surface area contributed by atoms with E-state index in [1.165, 1.54) is 6.92 Å². The molecule has 2 amide bonds. The molecule has 1 N–H and O–H groups in total. The van der Waals surface area contributed by atoms with Crippen molar-refractivity contribution in [2.24, 2.45) is 0 Å². The van der Waals surface area contributed by atoms with Gasteiger partial charge in [0.05, 0.1) is 12.7 Å². The van der Waals surface area contributed by atoms with E-state index in [-0.39, 0.29) is 13.2 Å². The molecule has 1 heterocycles. The van der Waals surface area contributed by atoms with Crippen LogP contribution in [0.3, 0.4) is 0 Å². The molecule has 1 rings (SSSR count). The maximum absolute atomic E-state index is 13.0. The summed E-state index contributed by atoms with van der Waals surface area (Å²) in [4.78, 5) is 39.4. The SMILES string of the molecule is CCCCO[C@H]1CCOC[C@H](N(C(=O)OC(C)(C)C)C(=O)OC(C)(C)C)C(=O)O[C@@H](C)[C@@H]1O. The Balaban J connectivity index is 3.14. The van der Waals surface area contributed by atoms with Crippen LogP contribution in [0.2, 0.25) is 0 Å². The zero-order valence-corrected chi connectivity index (χ0v) is 21.2. The number of imide groups is 1. The van der Waals surface area contributed by atoms with Crippen LogP contribution < -0.4 is 0 Å². The van der Waals surface area contributed by atoms with Crippen LogP contribution >= 0.6 is 0 Å². The molecule has 0 aromatic heterocycles. The summed E-state index contributed by atoms with van der Waals surface area (Å²) in [6.07, 6.45) is -2.63. The average Bonchev–Trinajstić information content (AvgIpc) is 2.64. The Hall–Kier alpha value is -1.91. The molecule has 0 bridgehead atoms. The topological polar surface area (TPSA) is 121 Å². The second kappa shape index (κ2) is 12.5. The fourth-order valence-corrected chi connectivity index (χ4v) is 2.96. The number of unbranched alkanes of at least 4 members (excludes halogenated alkanes) is 1. The molecule has 1 aliphatic rings. The van der Waals surface area contributed by atoms with Crippen molar-refractivity contribution in [2.45, 2.75) is 110 Å². The molecule has 1 saturated heterocycles. The number of nitrogens with zero attached hydrogens (tertiary/aromatic N) is 1. The van der Waals surface area contributed by atoms with E-state index in [0.29, 0.717) is 17.9 Å². The standard InChI is InChI=1S/C23H41NO9/c1-9-10-12-30-17-11-13-29-14-16(19(26)31-15(2)18(17)25)24(20(27)32-22(3,4)5)21(28)33-23(6,7)8/h15-18,25H,9-14H2,1-8H3/t15-,16-,17-,18-/m0/s1. The lowest BCUT2D eigenvalue weighted by Crippen LogP contribution is -2.55. The summed E-state index contributed by atoms with van der Waals surface area (Å²) in [5.74, 6) is -0.924. The third kappa shape index (κ3) is 10.3. The van der Waals surface area contributed by atoms with Crippen molar-refractivity contribution in [3.63, 3.8) is 0 Å². The lowest BCUT2D eigenvalue weighted by atomic mass is 10.1. The highest BCUT2D eigenvalue weighted by Crippen LogP contribution is 2.21. The second-order valence-electron chi connectivity index (χ2n) is 10.1. The number of aliphatic hydroxyl groups excluding tert-OH is 1. The van der Waals surface area contributed by atoms with Crippen LogP contribution in [0.1, 0.15) is 74.7 Å². The molecule has 192 valence electrons. The molecule has 10 nitrogen and oxygen atoms in total. The van der Waals surface area contributed by atoms with Gasteiger partial charge in [-0.25, -0.2) is 14.4 Å². The number of hydrogen-bond acceptors (Lipinski definition) is 9. The lowest BCUT2D eigenvalue weighted by Gasteiger charge is -2.34. The molecule has 4 atom stereocenters. The third-order valence-electron chi connectivity index (χ3n) is 4.58. The number of rotatable bonds is 5. The lowest BCUT2D eigenvalue weighted by molar-refractivity contribution is -0.172. The number of cyclic esters (lactones) is 1. The van der Waals surface area contributed by atoms with E-state index in [4.69, 9.17) is 23.7 Å². The van der Waals surface area contributed by atoms with Crippen molar-refractivity contribution in [3.05, 3.63) is 0 Å². The molecule has 0 aliphatic carbocycles. The molecule has 33 heavy (non-hydrogen) atoms. The summed E-state index contributed by atoms with van der Waals surface area (Å²) in [6, 6.07) is -1.46. The van der Waals surface area contributed by atoms with E-state index >= 15 is 0 Å². The predicted molar refractivity (Wildman–Crippen MR) is 120 cm³/mol. The van der Waals surface area contributed by atoms with E-state index in [1.54, 1.807) is 41.5 Å². The van der Waals surface area contributed by atoms with Gasteiger partial charge < -0.3 is 28.8 Å². The number of aliphatic hydroxyl groups is 1. The highest BCUT2D eigenvalue weighted by atomic mass is 16.6. The van der Waals surface area contributed by atoms with E-state index < -0.39 is 53.7 Å². The van der Waals surface area contributed by atoms with Gasteiger partial charge in [0.1, 0.15) is 23.4 Å². The number of amides is 2. The number of carbonyl (C=O) groups is 3. The highest BCUT2D eigenvalue weighted by molar-refractivity contribution is 5.94. The Labute approximate surface area is 196 Å². The van der Waals surface area contributed by atoms with Crippen LogP contribution in [0, 0.1) is 0 Å².